The molecule has 0 aromatic heterocycles. The molecule has 0 aromatic rings. The zero-order valence-electron chi connectivity index (χ0n) is 7.05. The van der Waals surface area contributed by atoms with Crippen LogP contribution in [-0.2, 0) is 4.74 Å². The summed E-state index contributed by atoms with van der Waals surface area (Å²) in [5, 5.41) is 0. The van der Waals surface area contributed by atoms with Crippen LogP contribution >= 0.6 is 0 Å². The molecule has 0 aliphatic rings. The number of carbonyl (C=O) groups excluding carboxylic acids is 1. The summed E-state index contributed by atoms with van der Waals surface area (Å²) in [4.78, 5) is 12.2. The Kier molecular flexibility index (Phi) is 3.84. The van der Waals surface area contributed by atoms with Crippen molar-refractivity contribution < 1.29 is 9.53 Å². The van der Waals surface area contributed by atoms with Crippen molar-refractivity contribution in [1.82, 2.24) is 4.90 Å². The van der Waals surface area contributed by atoms with Gasteiger partial charge < -0.3 is 9.64 Å². The number of hydrogen-bond acceptors (Lipinski definition) is 2. The summed E-state index contributed by atoms with van der Waals surface area (Å²) >= 11 is 0. The van der Waals surface area contributed by atoms with Gasteiger partial charge in [-0.05, 0) is 13.3 Å². The standard InChI is InChI=1S/C7H15NO2/c1-5-6(2)10-7(9)8(3)4/h6H,5H2,1-4H3/t6-/m0/s1. The van der Waals surface area contributed by atoms with E-state index in [4.69, 9.17) is 4.74 Å². The van der Waals surface area contributed by atoms with Crippen LogP contribution in [0.3, 0.4) is 0 Å². The lowest BCUT2D eigenvalue weighted by molar-refractivity contribution is 0.0810. The molecule has 0 fully saturated rings. The van der Waals surface area contributed by atoms with Crippen molar-refractivity contribution >= 4 is 6.09 Å². The van der Waals surface area contributed by atoms with E-state index in [-0.39, 0.29) is 12.2 Å². The SMILES string of the molecule is CC[C@H](C)OC(=O)N(C)C. The number of nitrogens with zero attached hydrogens (tertiary/aromatic N) is 1. The summed E-state index contributed by atoms with van der Waals surface area (Å²) in [6.45, 7) is 3.86. The maximum Gasteiger partial charge on any atom is 0.409 e. The molecule has 10 heavy (non-hydrogen) atoms. The van der Waals surface area contributed by atoms with Crippen LogP contribution < -0.4 is 0 Å². The van der Waals surface area contributed by atoms with Crippen molar-refractivity contribution in [2.75, 3.05) is 14.1 Å². The van der Waals surface area contributed by atoms with Crippen molar-refractivity contribution in [1.29, 1.82) is 0 Å². The Bertz CT molecular complexity index is 112. The summed E-state index contributed by atoms with van der Waals surface area (Å²) in [5.41, 5.74) is 0. The molecule has 0 radical (unpaired) electrons. The Morgan fingerprint density at radius 3 is 2.40 bits per heavy atom. The van der Waals surface area contributed by atoms with E-state index in [0.717, 1.165) is 6.42 Å². The highest BCUT2D eigenvalue weighted by atomic mass is 16.6. The third-order valence-corrected chi connectivity index (χ3v) is 1.24. The van der Waals surface area contributed by atoms with Gasteiger partial charge in [-0.15, -0.1) is 0 Å². The fourth-order valence-corrected chi connectivity index (χ4v) is 0.361. The van der Waals surface area contributed by atoms with Crippen LogP contribution in [0.25, 0.3) is 0 Å². The molecule has 3 nitrogen and oxygen atoms in total. The van der Waals surface area contributed by atoms with Gasteiger partial charge in [0.15, 0.2) is 0 Å². The molecule has 3 heteroatoms. The number of rotatable bonds is 2. The largest absolute Gasteiger partial charge is 0.446 e. The van der Waals surface area contributed by atoms with E-state index in [1.807, 2.05) is 13.8 Å². The lowest BCUT2D eigenvalue weighted by Gasteiger charge is -2.14. The average Bonchev–Trinajstić information content (AvgIpc) is 1.87. The summed E-state index contributed by atoms with van der Waals surface area (Å²) in [6, 6.07) is 0. The summed E-state index contributed by atoms with van der Waals surface area (Å²) < 4.78 is 4.95. The lowest BCUT2D eigenvalue weighted by Crippen LogP contribution is -2.26. The van der Waals surface area contributed by atoms with Gasteiger partial charge in [0.05, 0.1) is 0 Å². The molecular formula is C7H15NO2. The fourth-order valence-electron chi connectivity index (χ4n) is 0.361. The molecule has 0 rings (SSSR count). The van der Waals surface area contributed by atoms with Crippen LogP contribution in [-0.4, -0.2) is 31.2 Å². The lowest BCUT2D eigenvalue weighted by atomic mass is 10.3. The number of hydrogen-bond donors (Lipinski definition) is 0. The first-order valence-corrected chi connectivity index (χ1v) is 3.45. The Labute approximate surface area is 62.0 Å². The van der Waals surface area contributed by atoms with Crippen LogP contribution in [0.15, 0.2) is 0 Å². The first-order valence-electron chi connectivity index (χ1n) is 3.45. The monoisotopic (exact) mass is 145 g/mol. The number of ether oxygens (including phenoxy) is 1. The van der Waals surface area contributed by atoms with Gasteiger partial charge in [-0.3, -0.25) is 0 Å². The molecule has 60 valence electrons. The van der Waals surface area contributed by atoms with E-state index < -0.39 is 0 Å². The summed E-state index contributed by atoms with van der Waals surface area (Å²) in [6.07, 6.45) is 0.615. The van der Waals surface area contributed by atoms with E-state index in [9.17, 15) is 4.79 Å². The molecule has 1 atom stereocenters. The smallest absolute Gasteiger partial charge is 0.409 e. The van der Waals surface area contributed by atoms with E-state index in [1.54, 1.807) is 14.1 Å². The maximum atomic E-state index is 10.8. The minimum absolute atomic E-state index is 0.0231. The summed E-state index contributed by atoms with van der Waals surface area (Å²) in [5.74, 6) is 0. The molecule has 0 N–H and O–H groups in total. The van der Waals surface area contributed by atoms with Crippen LogP contribution in [0.5, 0.6) is 0 Å². The highest BCUT2D eigenvalue weighted by molar-refractivity contribution is 5.66. The average molecular weight is 145 g/mol. The van der Waals surface area contributed by atoms with Crippen molar-refractivity contribution in [3.05, 3.63) is 0 Å². The van der Waals surface area contributed by atoms with E-state index in [0.29, 0.717) is 0 Å². The second-order valence-electron chi connectivity index (χ2n) is 2.50. The van der Waals surface area contributed by atoms with Crippen molar-refractivity contribution in [2.24, 2.45) is 0 Å². The Morgan fingerprint density at radius 2 is 2.10 bits per heavy atom. The van der Waals surface area contributed by atoms with Crippen LogP contribution in [0.2, 0.25) is 0 Å². The predicted octanol–water partition coefficient (Wildman–Crippen LogP) is 1.48. The Balaban J connectivity index is 3.57. The normalized spacial score (nSPS) is 12.4. The number of amides is 1. The van der Waals surface area contributed by atoms with E-state index in [1.165, 1.54) is 4.90 Å². The molecule has 1 amide bonds. The van der Waals surface area contributed by atoms with Crippen LogP contribution in [0.1, 0.15) is 20.3 Å². The third-order valence-electron chi connectivity index (χ3n) is 1.24. The Hall–Kier alpha value is -0.730. The summed E-state index contributed by atoms with van der Waals surface area (Å²) in [7, 11) is 3.34. The first-order chi connectivity index (χ1) is 4.57. The van der Waals surface area contributed by atoms with Crippen molar-refractivity contribution in [2.45, 2.75) is 26.4 Å². The molecule has 0 saturated carbocycles. The highest BCUT2D eigenvalue weighted by Crippen LogP contribution is 1.97. The van der Waals surface area contributed by atoms with E-state index >= 15 is 0 Å². The predicted molar refractivity (Wildman–Crippen MR) is 39.9 cm³/mol. The molecule has 0 aliphatic carbocycles. The van der Waals surface area contributed by atoms with Gasteiger partial charge in [0.25, 0.3) is 0 Å². The van der Waals surface area contributed by atoms with Gasteiger partial charge in [-0.2, -0.15) is 0 Å². The molecule has 0 heterocycles. The zero-order valence-corrected chi connectivity index (χ0v) is 7.05. The van der Waals surface area contributed by atoms with E-state index in [2.05, 4.69) is 0 Å². The fraction of sp³-hybridized carbons (Fsp3) is 0.857. The van der Waals surface area contributed by atoms with Crippen LogP contribution in [0, 0.1) is 0 Å². The van der Waals surface area contributed by atoms with Gasteiger partial charge in [0.1, 0.15) is 6.10 Å². The zero-order chi connectivity index (χ0) is 8.15. The first kappa shape index (κ1) is 9.27. The second kappa shape index (κ2) is 4.14. The molecule has 0 spiro atoms. The minimum Gasteiger partial charge on any atom is -0.446 e. The van der Waals surface area contributed by atoms with Gasteiger partial charge in [0, 0.05) is 14.1 Å². The van der Waals surface area contributed by atoms with Crippen LogP contribution in [0.4, 0.5) is 4.79 Å². The molecule has 0 aromatic carbocycles. The van der Waals surface area contributed by atoms with Gasteiger partial charge >= 0.3 is 6.09 Å². The van der Waals surface area contributed by atoms with Crippen molar-refractivity contribution in [3.8, 4) is 0 Å². The minimum atomic E-state index is -0.269. The Morgan fingerprint density at radius 1 is 1.60 bits per heavy atom. The van der Waals surface area contributed by atoms with Crippen molar-refractivity contribution in [3.63, 3.8) is 0 Å². The maximum absolute atomic E-state index is 10.8. The molecule has 0 bridgehead atoms. The van der Waals surface area contributed by atoms with Gasteiger partial charge in [-0.25, -0.2) is 4.79 Å². The highest BCUT2D eigenvalue weighted by Gasteiger charge is 2.07. The number of carbonyl (C=O) groups is 1. The van der Waals surface area contributed by atoms with Gasteiger partial charge in [0.2, 0.25) is 0 Å². The molecule has 0 aliphatic heterocycles. The second-order valence-corrected chi connectivity index (χ2v) is 2.50. The molecule has 0 unspecified atom stereocenters. The topological polar surface area (TPSA) is 29.5 Å². The van der Waals surface area contributed by atoms with Gasteiger partial charge in [-0.1, -0.05) is 6.92 Å². The third kappa shape index (κ3) is 3.33. The molecular weight excluding hydrogens is 130 g/mol. The molecule has 0 saturated heterocycles. The quantitative estimate of drug-likeness (QED) is 0.589.